The van der Waals surface area contributed by atoms with Gasteiger partial charge >= 0.3 is 6.09 Å². The monoisotopic (exact) mass is 647 g/mol. The minimum absolute atomic E-state index is 0.0116. The lowest BCUT2D eigenvalue weighted by Crippen LogP contribution is -2.58. The molecule has 7 rings (SSSR count). The fraction of sp³-hybridized carbons (Fsp3) is 0.475. The van der Waals surface area contributed by atoms with Crippen LogP contribution < -0.4 is 5.32 Å². The van der Waals surface area contributed by atoms with Crippen LogP contribution in [-0.2, 0) is 21.6 Å². The number of hydrogen-bond acceptors (Lipinski definition) is 5. The summed E-state index contributed by atoms with van der Waals surface area (Å²) in [6.45, 7) is 8.27. The highest BCUT2D eigenvalue weighted by Crippen LogP contribution is 2.45. The van der Waals surface area contributed by atoms with Crippen LogP contribution in [0.3, 0.4) is 0 Å². The SMILES string of the molecule is Cc1nc2ccccc2n1C1C[C@H]2CC[C@@H](C1)N2CCC1(c2ccccc2)CCN(C(=O)C(C)(C)NC(=O)OCc2ccccc2)CC1. The first-order chi connectivity index (χ1) is 23.2. The van der Waals surface area contributed by atoms with Gasteiger partial charge in [-0.2, -0.15) is 0 Å². The Morgan fingerprint density at radius 3 is 2.19 bits per heavy atom. The van der Waals surface area contributed by atoms with E-state index in [0.29, 0.717) is 31.2 Å². The number of fused-ring (bicyclic) bond motifs is 3. The van der Waals surface area contributed by atoms with E-state index in [1.807, 2.05) is 35.2 Å². The van der Waals surface area contributed by atoms with Crippen LogP contribution >= 0.6 is 0 Å². The van der Waals surface area contributed by atoms with E-state index < -0.39 is 11.6 Å². The van der Waals surface area contributed by atoms with Crippen LogP contribution in [0.5, 0.6) is 0 Å². The van der Waals surface area contributed by atoms with Gasteiger partial charge in [0.2, 0.25) is 5.91 Å². The van der Waals surface area contributed by atoms with Gasteiger partial charge in [-0.05, 0) is 101 Å². The van der Waals surface area contributed by atoms with Crippen molar-refractivity contribution < 1.29 is 14.3 Å². The lowest BCUT2D eigenvalue weighted by molar-refractivity contribution is -0.138. The molecule has 1 aromatic heterocycles. The quantitative estimate of drug-likeness (QED) is 0.209. The molecule has 0 radical (unpaired) electrons. The number of hydrogen-bond donors (Lipinski definition) is 1. The van der Waals surface area contributed by atoms with Crippen molar-refractivity contribution in [2.24, 2.45) is 0 Å². The number of carbonyl (C=O) groups excluding carboxylic acids is 2. The number of alkyl carbamates (subject to hydrolysis) is 1. The van der Waals surface area contributed by atoms with E-state index in [9.17, 15) is 9.59 Å². The molecule has 3 atom stereocenters. The normalized spacial score (nSPS) is 22.5. The maximum absolute atomic E-state index is 13.8. The van der Waals surface area contributed by atoms with E-state index in [1.54, 1.807) is 13.8 Å². The molecule has 4 heterocycles. The molecule has 1 unspecified atom stereocenters. The molecular formula is C40H49N5O3. The van der Waals surface area contributed by atoms with Crippen molar-refractivity contribution in [1.29, 1.82) is 0 Å². The molecule has 3 aliphatic heterocycles. The van der Waals surface area contributed by atoms with Crippen molar-refractivity contribution >= 4 is 23.0 Å². The maximum Gasteiger partial charge on any atom is 0.408 e. The molecule has 0 spiro atoms. The van der Waals surface area contributed by atoms with E-state index in [4.69, 9.17) is 9.72 Å². The van der Waals surface area contributed by atoms with Crippen LogP contribution in [-0.4, -0.2) is 68.6 Å². The summed E-state index contributed by atoms with van der Waals surface area (Å²) in [6.07, 6.45) is 7.20. The third-order valence-electron chi connectivity index (χ3n) is 11.4. The largest absolute Gasteiger partial charge is 0.445 e. The smallest absolute Gasteiger partial charge is 0.408 e. The number of benzene rings is 3. The van der Waals surface area contributed by atoms with Crippen LogP contribution in [0, 0.1) is 6.92 Å². The summed E-state index contributed by atoms with van der Waals surface area (Å²) in [7, 11) is 0. The minimum Gasteiger partial charge on any atom is -0.445 e. The number of nitrogens with zero attached hydrogens (tertiary/aromatic N) is 4. The molecule has 3 aliphatic rings. The summed E-state index contributed by atoms with van der Waals surface area (Å²) in [5.74, 6) is 1.06. The van der Waals surface area contributed by atoms with Crippen molar-refractivity contribution in [2.75, 3.05) is 19.6 Å². The molecular weight excluding hydrogens is 598 g/mol. The first-order valence-corrected chi connectivity index (χ1v) is 17.8. The number of ether oxygens (including phenoxy) is 1. The Bertz CT molecular complexity index is 1710. The predicted octanol–water partition coefficient (Wildman–Crippen LogP) is 7.17. The third kappa shape index (κ3) is 6.47. The molecule has 252 valence electrons. The molecule has 48 heavy (non-hydrogen) atoms. The highest BCUT2D eigenvalue weighted by atomic mass is 16.5. The third-order valence-corrected chi connectivity index (χ3v) is 11.4. The summed E-state index contributed by atoms with van der Waals surface area (Å²) in [4.78, 5) is 36.0. The Morgan fingerprint density at radius 1 is 0.875 bits per heavy atom. The van der Waals surface area contributed by atoms with E-state index >= 15 is 0 Å². The number of nitrogens with one attached hydrogen (secondary N) is 1. The average Bonchev–Trinajstić information content (AvgIpc) is 3.57. The summed E-state index contributed by atoms with van der Waals surface area (Å²) in [5, 5.41) is 2.82. The molecule has 0 aliphatic carbocycles. The summed E-state index contributed by atoms with van der Waals surface area (Å²) in [5.41, 5.74) is 3.59. The second-order valence-corrected chi connectivity index (χ2v) is 14.8. The van der Waals surface area contributed by atoms with Gasteiger partial charge < -0.3 is 19.5 Å². The van der Waals surface area contributed by atoms with Crippen molar-refractivity contribution in [3.05, 3.63) is 102 Å². The zero-order valence-corrected chi connectivity index (χ0v) is 28.6. The molecule has 3 aromatic carbocycles. The Labute approximate surface area is 284 Å². The van der Waals surface area contributed by atoms with E-state index in [1.165, 1.54) is 36.8 Å². The second-order valence-electron chi connectivity index (χ2n) is 14.8. The number of para-hydroxylation sites is 2. The van der Waals surface area contributed by atoms with Crippen molar-refractivity contribution in [3.8, 4) is 0 Å². The standard InChI is InChI=1S/C40H49N5O3/c1-29-41-35-16-10-11-17-36(35)45(29)34-26-32-18-19-33(27-34)44(32)25-22-40(31-14-8-5-9-15-31)20-23-43(24-21-40)37(46)39(2,3)42-38(47)48-28-30-12-6-4-7-13-30/h4-17,32-34H,18-28H2,1-3H3,(H,42,47)/t32-,33+,34?. The van der Waals surface area contributed by atoms with Crippen molar-refractivity contribution in [2.45, 2.75) is 101 Å². The number of amides is 2. The predicted molar refractivity (Wildman–Crippen MR) is 189 cm³/mol. The summed E-state index contributed by atoms with van der Waals surface area (Å²) >= 11 is 0. The Balaban J connectivity index is 0.990. The molecule has 8 heteroatoms. The van der Waals surface area contributed by atoms with E-state index in [0.717, 1.165) is 42.7 Å². The minimum atomic E-state index is -1.07. The average molecular weight is 648 g/mol. The van der Waals surface area contributed by atoms with E-state index in [-0.39, 0.29) is 17.9 Å². The van der Waals surface area contributed by atoms with Crippen LogP contribution in [0.15, 0.2) is 84.9 Å². The number of imidazole rings is 1. The van der Waals surface area contributed by atoms with Gasteiger partial charge in [0.15, 0.2) is 0 Å². The van der Waals surface area contributed by atoms with Gasteiger partial charge in [0.25, 0.3) is 0 Å². The molecule has 4 aromatic rings. The Kier molecular flexibility index (Phi) is 9.03. The first-order valence-electron chi connectivity index (χ1n) is 17.8. The zero-order valence-electron chi connectivity index (χ0n) is 28.6. The highest BCUT2D eigenvalue weighted by Gasteiger charge is 2.45. The van der Waals surface area contributed by atoms with Gasteiger partial charge in [-0.1, -0.05) is 72.8 Å². The molecule has 1 N–H and O–H groups in total. The number of likely N-dealkylation sites (tertiary alicyclic amines) is 1. The Morgan fingerprint density at radius 2 is 1.50 bits per heavy atom. The van der Waals surface area contributed by atoms with Gasteiger partial charge in [-0.25, -0.2) is 9.78 Å². The van der Waals surface area contributed by atoms with Crippen LogP contribution in [0.25, 0.3) is 11.0 Å². The number of aryl methyl sites for hydroxylation is 1. The molecule has 0 saturated carbocycles. The van der Waals surface area contributed by atoms with Crippen molar-refractivity contribution in [1.82, 2.24) is 24.7 Å². The van der Waals surface area contributed by atoms with Gasteiger partial charge in [-0.15, -0.1) is 0 Å². The lowest BCUT2D eigenvalue weighted by atomic mass is 9.70. The fourth-order valence-corrected chi connectivity index (χ4v) is 8.87. The van der Waals surface area contributed by atoms with Crippen LogP contribution in [0.4, 0.5) is 4.79 Å². The number of rotatable bonds is 9. The van der Waals surface area contributed by atoms with Crippen LogP contribution in [0.1, 0.15) is 81.8 Å². The molecule has 3 saturated heterocycles. The lowest BCUT2D eigenvalue weighted by Gasteiger charge is -2.46. The molecule has 2 amide bonds. The van der Waals surface area contributed by atoms with Gasteiger partial charge in [0.1, 0.15) is 18.0 Å². The number of carbonyl (C=O) groups is 2. The summed E-state index contributed by atoms with van der Waals surface area (Å²) in [6, 6.07) is 30.8. The van der Waals surface area contributed by atoms with Crippen molar-refractivity contribution in [3.63, 3.8) is 0 Å². The van der Waals surface area contributed by atoms with Gasteiger partial charge in [0.05, 0.1) is 11.0 Å². The highest BCUT2D eigenvalue weighted by molar-refractivity contribution is 5.89. The van der Waals surface area contributed by atoms with Gasteiger partial charge in [0, 0.05) is 31.2 Å². The second kappa shape index (κ2) is 13.4. The molecule has 8 nitrogen and oxygen atoms in total. The number of aromatic nitrogens is 2. The summed E-state index contributed by atoms with van der Waals surface area (Å²) < 4.78 is 7.94. The topological polar surface area (TPSA) is 79.7 Å². The first kappa shape index (κ1) is 32.4. The zero-order chi connectivity index (χ0) is 33.3. The van der Waals surface area contributed by atoms with Crippen LogP contribution in [0.2, 0.25) is 0 Å². The Hall–Kier alpha value is -4.17. The maximum atomic E-state index is 13.8. The molecule has 3 fully saturated rings. The van der Waals surface area contributed by atoms with Gasteiger partial charge in [-0.3, -0.25) is 9.69 Å². The fourth-order valence-electron chi connectivity index (χ4n) is 8.87. The number of piperidine rings is 2. The molecule has 2 bridgehead atoms. The van der Waals surface area contributed by atoms with E-state index in [2.05, 4.69) is 76.3 Å².